The molecule has 1 saturated heterocycles. The van der Waals surface area contributed by atoms with Crippen molar-refractivity contribution in [1.29, 1.82) is 0 Å². The van der Waals surface area contributed by atoms with Crippen molar-refractivity contribution in [3.05, 3.63) is 18.2 Å². The smallest absolute Gasteiger partial charge is 0.224 e. The highest BCUT2D eigenvalue weighted by Crippen LogP contribution is 2.27. The highest BCUT2D eigenvalue weighted by Gasteiger charge is 2.37. The minimum absolute atomic E-state index is 0.0777. The van der Waals surface area contributed by atoms with Gasteiger partial charge in [0.05, 0.1) is 0 Å². The highest BCUT2D eigenvalue weighted by atomic mass is 16.2. The van der Waals surface area contributed by atoms with Crippen molar-refractivity contribution in [2.24, 2.45) is 5.73 Å². The molecule has 5 heteroatoms. The maximum Gasteiger partial charge on any atom is 0.224 e. The van der Waals surface area contributed by atoms with Crippen LogP contribution in [-0.2, 0) is 4.79 Å². The number of nitrogens with one attached hydrogen (secondary N) is 1. The number of nitrogens with two attached hydrogens (primary N) is 1. The van der Waals surface area contributed by atoms with E-state index in [0.29, 0.717) is 6.42 Å². The molecule has 0 unspecified atom stereocenters. The lowest BCUT2D eigenvalue weighted by Crippen LogP contribution is -2.31. The third-order valence-electron chi connectivity index (χ3n) is 2.43. The van der Waals surface area contributed by atoms with Crippen molar-refractivity contribution < 1.29 is 4.79 Å². The van der Waals surface area contributed by atoms with E-state index in [0.717, 1.165) is 5.82 Å². The Morgan fingerprint density at radius 2 is 2.54 bits per heavy atom. The zero-order chi connectivity index (χ0) is 9.42. The Morgan fingerprint density at radius 1 is 1.77 bits per heavy atom. The summed E-state index contributed by atoms with van der Waals surface area (Å²) >= 11 is 0. The van der Waals surface area contributed by atoms with E-state index >= 15 is 0 Å². The number of carbonyl (C=O) groups is 1. The molecular formula is C8H12N4O. The molecule has 2 atom stereocenters. The summed E-state index contributed by atoms with van der Waals surface area (Å²) in [5, 5.41) is 0. The van der Waals surface area contributed by atoms with Crippen molar-refractivity contribution in [3.63, 3.8) is 0 Å². The van der Waals surface area contributed by atoms with Gasteiger partial charge in [0.25, 0.3) is 0 Å². The van der Waals surface area contributed by atoms with Crippen LogP contribution in [-0.4, -0.2) is 33.9 Å². The number of likely N-dealkylation sites (tertiary alicyclic amines) is 1. The first kappa shape index (κ1) is 8.25. The molecule has 1 aromatic rings. The Kier molecular flexibility index (Phi) is 1.81. The summed E-state index contributed by atoms with van der Waals surface area (Å²) in [5.41, 5.74) is 5.83. The monoisotopic (exact) mass is 180 g/mol. The molecule has 1 amide bonds. The van der Waals surface area contributed by atoms with Gasteiger partial charge in [-0.1, -0.05) is 0 Å². The normalized spacial score (nSPS) is 28.5. The second-order valence-corrected chi connectivity index (χ2v) is 3.29. The molecule has 1 aliphatic rings. The van der Waals surface area contributed by atoms with Gasteiger partial charge in [-0.3, -0.25) is 4.79 Å². The van der Waals surface area contributed by atoms with Gasteiger partial charge in [-0.05, 0) is 0 Å². The van der Waals surface area contributed by atoms with Gasteiger partial charge >= 0.3 is 0 Å². The number of nitrogens with zero attached hydrogens (tertiary/aromatic N) is 2. The quantitative estimate of drug-likeness (QED) is 0.619. The molecule has 13 heavy (non-hydrogen) atoms. The van der Waals surface area contributed by atoms with Gasteiger partial charge in [-0.2, -0.15) is 0 Å². The zero-order valence-electron chi connectivity index (χ0n) is 7.40. The van der Waals surface area contributed by atoms with Crippen LogP contribution in [0.2, 0.25) is 0 Å². The van der Waals surface area contributed by atoms with E-state index in [1.54, 1.807) is 24.3 Å². The van der Waals surface area contributed by atoms with E-state index < -0.39 is 0 Å². The Balaban J connectivity index is 2.29. The minimum Gasteiger partial charge on any atom is -0.347 e. The van der Waals surface area contributed by atoms with Gasteiger partial charge in [0.15, 0.2) is 0 Å². The van der Waals surface area contributed by atoms with Crippen LogP contribution in [0.4, 0.5) is 0 Å². The fourth-order valence-corrected chi connectivity index (χ4v) is 1.73. The van der Waals surface area contributed by atoms with Crippen LogP contribution >= 0.6 is 0 Å². The van der Waals surface area contributed by atoms with Crippen molar-refractivity contribution in [3.8, 4) is 0 Å². The summed E-state index contributed by atoms with van der Waals surface area (Å²) in [6.45, 7) is 0. The van der Waals surface area contributed by atoms with Gasteiger partial charge in [-0.15, -0.1) is 0 Å². The Morgan fingerprint density at radius 3 is 3.00 bits per heavy atom. The Labute approximate surface area is 75.9 Å². The summed E-state index contributed by atoms with van der Waals surface area (Å²) < 4.78 is 0. The average Bonchev–Trinajstić information content (AvgIpc) is 2.63. The molecule has 1 aliphatic heterocycles. The minimum atomic E-state index is -0.149. The van der Waals surface area contributed by atoms with Gasteiger partial charge in [0.1, 0.15) is 11.9 Å². The van der Waals surface area contributed by atoms with Crippen LogP contribution in [0.1, 0.15) is 18.3 Å². The highest BCUT2D eigenvalue weighted by molar-refractivity contribution is 5.79. The fraction of sp³-hybridized carbons (Fsp3) is 0.500. The van der Waals surface area contributed by atoms with E-state index in [2.05, 4.69) is 9.97 Å². The first-order chi connectivity index (χ1) is 6.20. The van der Waals surface area contributed by atoms with Gasteiger partial charge in [0.2, 0.25) is 5.91 Å². The van der Waals surface area contributed by atoms with Crippen LogP contribution in [0.15, 0.2) is 12.4 Å². The Bertz CT molecular complexity index is 308. The molecule has 1 aromatic heterocycles. The molecule has 0 aliphatic carbocycles. The first-order valence-electron chi connectivity index (χ1n) is 4.20. The van der Waals surface area contributed by atoms with Crippen molar-refractivity contribution in [2.75, 3.05) is 7.05 Å². The molecule has 3 N–H and O–H groups in total. The second kappa shape index (κ2) is 2.85. The lowest BCUT2D eigenvalue weighted by Gasteiger charge is -2.20. The summed E-state index contributed by atoms with van der Waals surface area (Å²) in [4.78, 5) is 20.0. The van der Waals surface area contributed by atoms with Crippen molar-refractivity contribution in [2.45, 2.75) is 18.5 Å². The second-order valence-electron chi connectivity index (χ2n) is 3.29. The van der Waals surface area contributed by atoms with Crippen LogP contribution < -0.4 is 5.73 Å². The van der Waals surface area contributed by atoms with E-state index in [-0.39, 0.29) is 18.0 Å². The molecule has 2 rings (SSSR count). The zero-order valence-corrected chi connectivity index (χ0v) is 7.40. The number of aromatic amines is 1. The molecule has 70 valence electrons. The first-order valence-corrected chi connectivity index (χ1v) is 4.20. The third-order valence-corrected chi connectivity index (χ3v) is 2.43. The summed E-state index contributed by atoms with van der Waals surface area (Å²) in [6, 6.07) is -0.244. The molecule has 1 fully saturated rings. The maximum absolute atomic E-state index is 11.3. The van der Waals surface area contributed by atoms with Crippen LogP contribution in [0.25, 0.3) is 0 Å². The summed E-state index contributed by atoms with van der Waals surface area (Å²) in [5.74, 6) is 0.842. The van der Waals surface area contributed by atoms with E-state index in [4.69, 9.17) is 5.73 Å². The largest absolute Gasteiger partial charge is 0.347 e. The summed E-state index contributed by atoms with van der Waals surface area (Å²) in [6.07, 6.45) is 3.80. The fourth-order valence-electron chi connectivity index (χ4n) is 1.73. The lowest BCUT2D eigenvalue weighted by molar-refractivity contribution is -0.127. The topological polar surface area (TPSA) is 75.0 Å². The SMILES string of the molecule is CN1C(=O)C[C@H](N)[C@H]1c1ncc[nH]1. The molecule has 0 aromatic carbocycles. The maximum atomic E-state index is 11.3. The van der Waals surface area contributed by atoms with Crippen molar-refractivity contribution >= 4 is 5.91 Å². The number of aromatic nitrogens is 2. The Hall–Kier alpha value is -1.36. The molecule has 5 nitrogen and oxygen atoms in total. The predicted octanol–water partition coefficient (Wildman–Crippen LogP) is -0.360. The number of imidazole rings is 1. The van der Waals surface area contributed by atoms with Crippen LogP contribution in [0, 0.1) is 0 Å². The number of carbonyl (C=O) groups excluding carboxylic acids is 1. The van der Waals surface area contributed by atoms with Crippen LogP contribution in [0.5, 0.6) is 0 Å². The molecule has 2 heterocycles. The average molecular weight is 180 g/mol. The van der Waals surface area contributed by atoms with E-state index in [9.17, 15) is 4.79 Å². The predicted molar refractivity (Wildman–Crippen MR) is 46.7 cm³/mol. The number of rotatable bonds is 1. The molecular weight excluding hydrogens is 168 g/mol. The third kappa shape index (κ3) is 1.21. The van der Waals surface area contributed by atoms with Gasteiger partial charge in [-0.25, -0.2) is 4.98 Å². The number of amides is 1. The van der Waals surface area contributed by atoms with Crippen molar-refractivity contribution in [1.82, 2.24) is 14.9 Å². The molecule has 0 saturated carbocycles. The number of hydrogen-bond acceptors (Lipinski definition) is 3. The number of hydrogen-bond donors (Lipinski definition) is 2. The van der Waals surface area contributed by atoms with Crippen LogP contribution in [0.3, 0.4) is 0 Å². The van der Waals surface area contributed by atoms with E-state index in [1.807, 2.05) is 0 Å². The molecule has 0 bridgehead atoms. The number of likely N-dealkylation sites (N-methyl/N-ethyl adjacent to an activating group) is 1. The van der Waals surface area contributed by atoms with E-state index in [1.165, 1.54) is 0 Å². The van der Waals surface area contributed by atoms with Gasteiger partial charge in [0, 0.05) is 31.9 Å². The molecule has 0 radical (unpaired) electrons. The lowest BCUT2D eigenvalue weighted by atomic mass is 10.1. The standard InChI is InChI=1S/C8H12N4O/c1-12-6(13)4-5(9)7(12)8-10-2-3-11-8/h2-3,5,7H,4,9H2,1H3,(H,10,11)/t5-,7-/m0/s1. The molecule has 0 spiro atoms. The summed E-state index contributed by atoms with van der Waals surface area (Å²) in [7, 11) is 1.75. The number of H-pyrrole nitrogens is 1. The van der Waals surface area contributed by atoms with Gasteiger partial charge < -0.3 is 15.6 Å².